The molecule has 8 nitrogen and oxygen atoms in total. The van der Waals surface area contributed by atoms with Crippen LogP contribution in [-0.2, 0) is 11.2 Å². The minimum Gasteiger partial charge on any atom is -0.491 e. The molecular formula is C17H25Br2N5O3. The van der Waals surface area contributed by atoms with Gasteiger partial charge in [-0.25, -0.2) is 0 Å². The lowest BCUT2D eigenvalue weighted by atomic mass is 10.1. The second-order valence-electron chi connectivity index (χ2n) is 5.84. The first-order chi connectivity index (χ1) is 12.9. The zero-order valence-electron chi connectivity index (χ0n) is 14.9. The molecule has 1 rings (SSSR count). The van der Waals surface area contributed by atoms with Crippen LogP contribution in [0.4, 0.5) is 0 Å². The van der Waals surface area contributed by atoms with Gasteiger partial charge in [0.2, 0.25) is 0 Å². The number of carbonyl (C=O) groups is 1. The molecule has 0 saturated heterocycles. The number of oxime groups is 1. The number of nitrogens with two attached hydrogens (primary N) is 2. The Hall–Kier alpha value is -1.65. The van der Waals surface area contributed by atoms with E-state index in [0.717, 1.165) is 20.9 Å². The van der Waals surface area contributed by atoms with E-state index in [-0.39, 0.29) is 18.0 Å². The van der Waals surface area contributed by atoms with E-state index < -0.39 is 5.91 Å². The molecule has 0 saturated carbocycles. The number of hydrogen-bond donors (Lipinski definition) is 5. The smallest absolute Gasteiger partial charge is 0.269 e. The molecule has 0 fully saturated rings. The molecule has 0 atom stereocenters. The van der Waals surface area contributed by atoms with Gasteiger partial charge in [0.15, 0.2) is 0 Å². The van der Waals surface area contributed by atoms with Crippen molar-refractivity contribution in [3.63, 3.8) is 0 Å². The van der Waals surface area contributed by atoms with Crippen LogP contribution in [0, 0.1) is 5.41 Å². The molecule has 0 aliphatic heterocycles. The van der Waals surface area contributed by atoms with E-state index in [9.17, 15) is 10.0 Å². The number of benzene rings is 1. The van der Waals surface area contributed by atoms with Gasteiger partial charge in [-0.2, -0.15) is 0 Å². The molecule has 0 unspecified atom stereocenters. The summed E-state index contributed by atoms with van der Waals surface area (Å²) in [7, 11) is 0. The van der Waals surface area contributed by atoms with Gasteiger partial charge >= 0.3 is 0 Å². The molecule has 150 valence electrons. The van der Waals surface area contributed by atoms with Crippen LogP contribution < -0.4 is 21.5 Å². The topological polar surface area (TPSA) is 147 Å². The van der Waals surface area contributed by atoms with Crippen molar-refractivity contribution in [1.29, 1.82) is 5.41 Å². The molecule has 0 aromatic heterocycles. The van der Waals surface area contributed by atoms with Gasteiger partial charge in [-0.15, -0.1) is 0 Å². The van der Waals surface area contributed by atoms with Gasteiger partial charge in [0.1, 0.15) is 11.5 Å². The molecule has 0 aliphatic carbocycles. The van der Waals surface area contributed by atoms with Crippen LogP contribution in [0.2, 0.25) is 0 Å². The van der Waals surface area contributed by atoms with Gasteiger partial charge in [-0.3, -0.25) is 10.2 Å². The summed E-state index contributed by atoms with van der Waals surface area (Å²) < 4.78 is 7.13. The molecule has 0 aliphatic rings. The number of nitrogens with one attached hydrogen (secondary N) is 2. The minimum absolute atomic E-state index is 0.0113. The number of unbranched alkanes of at least 4 members (excludes halogenated alkanes) is 1. The van der Waals surface area contributed by atoms with Crippen LogP contribution in [0.1, 0.15) is 31.2 Å². The number of rotatable bonds is 12. The lowest BCUT2D eigenvalue weighted by molar-refractivity contribution is -0.115. The average molecular weight is 507 g/mol. The fraction of sp³-hybridized carbons (Fsp3) is 0.471. The van der Waals surface area contributed by atoms with E-state index in [1.165, 1.54) is 0 Å². The van der Waals surface area contributed by atoms with Crippen LogP contribution in [0.25, 0.3) is 0 Å². The maximum atomic E-state index is 12.2. The predicted molar refractivity (Wildman–Crippen MR) is 113 cm³/mol. The fourth-order valence-corrected chi connectivity index (χ4v) is 3.72. The van der Waals surface area contributed by atoms with Gasteiger partial charge in [-0.05, 0) is 75.4 Å². The van der Waals surface area contributed by atoms with Crippen LogP contribution in [-0.4, -0.2) is 42.4 Å². The van der Waals surface area contributed by atoms with Crippen molar-refractivity contribution in [1.82, 2.24) is 5.32 Å². The Labute approximate surface area is 175 Å². The Morgan fingerprint density at radius 2 is 1.93 bits per heavy atom. The Morgan fingerprint density at radius 3 is 2.48 bits per heavy atom. The average Bonchev–Trinajstić information content (AvgIpc) is 2.61. The summed E-state index contributed by atoms with van der Waals surface area (Å²) in [6, 6.07) is 3.63. The molecule has 0 bridgehead atoms. The summed E-state index contributed by atoms with van der Waals surface area (Å²) in [6.45, 7) is 1.47. The monoisotopic (exact) mass is 505 g/mol. The summed E-state index contributed by atoms with van der Waals surface area (Å²) in [5, 5.41) is 22.2. The molecule has 1 aromatic rings. The molecule has 27 heavy (non-hydrogen) atoms. The summed E-state index contributed by atoms with van der Waals surface area (Å²) in [6.07, 6.45) is 2.81. The van der Waals surface area contributed by atoms with Crippen LogP contribution in [0.15, 0.2) is 26.2 Å². The molecule has 7 N–H and O–H groups in total. The number of amidine groups is 1. The summed E-state index contributed by atoms with van der Waals surface area (Å²) in [5.41, 5.74) is 11.5. The second kappa shape index (κ2) is 12.7. The zero-order valence-corrected chi connectivity index (χ0v) is 18.1. The standard InChI is InChI=1S/C17H25Br2N5O3/c18-12-8-11(9-13(19)16(12)27-7-3-5-20)10-14(24-26)17(25)23-6-2-1-4-15(21)22/h8-9,26H,1-7,10,20H2,(H3,21,22)(H,23,25)/b24-14+. The SMILES string of the molecule is N=C(N)CCCCNC(=O)/C(Cc1cc(Br)c(OCCCN)c(Br)c1)=N/O. The highest BCUT2D eigenvalue weighted by atomic mass is 79.9. The van der Waals surface area contributed by atoms with Crippen molar-refractivity contribution in [3.8, 4) is 5.75 Å². The van der Waals surface area contributed by atoms with Gasteiger partial charge in [0.25, 0.3) is 5.91 Å². The quantitative estimate of drug-likeness (QED) is 0.0971. The normalized spacial score (nSPS) is 11.3. The molecule has 0 heterocycles. The van der Waals surface area contributed by atoms with E-state index in [2.05, 4.69) is 42.3 Å². The first kappa shape index (κ1) is 23.4. The third kappa shape index (κ3) is 8.72. The van der Waals surface area contributed by atoms with Gasteiger partial charge < -0.3 is 26.7 Å². The maximum absolute atomic E-state index is 12.2. The summed E-state index contributed by atoms with van der Waals surface area (Å²) >= 11 is 6.91. The van der Waals surface area contributed by atoms with Crippen LogP contribution in [0.5, 0.6) is 5.75 Å². The Balaban J connectivity index is 2.63. The molecule has 10 heteroatoms. The molecule has 1 aromatic carbocycles. The van der Waals surface area contributed by atoms with Crippen molar-refractivity contribution in [3.05, 3.63) is 26.6 Å². The lowest BCUT2D eigenvalue weighted by Gasteiger charge is -2.12. The number of nitrogens with zero attached hydrogens (tertiary/aromatic N) is 1. The van der Waals surface area contributed by atoms with E-state index >= 15 is 0 Å². The number of ether oxygens (including phenoxy) is 1. The molecule has 0 radical (unpaired) electrons. The van der Waals surface area contributed by atoms with E-state index in [1.807, 2.05) is 12.1 Å². The van der Waals surface area contributed by atoms with E-state index in [0.29, 0.717) is 44.7 Å². The summed E-state index contributed by atoms with van der Waals surface area (Å²) in [4.78, 5) is 12.2. The molecule has 0 spiro atoms. The first-order valence-electron chi connectivity index (χ1n) is 8.51. The van der Waals surface area contributed by atoms with Crippen molar-refractivity contribution >= 4 is 49.3 Å². The lowest BCUT2D eigenvalue weighted by Crippen LogP contribution is -2.33. The largest absolute Gasteiger partial charge is 0.491 e. The highest BCUT2D eigenvalue weighted by Crippen LogP contribution is 2.35. The number of carbonyl (C=O) groups excluding carboxylic acids is 1. The third-order valence-corrected chi connectivity index (χ3v) is 4.74. The van der Waals surface area contributed by atoms with Crippen molar-refractivity contribution in [2.45, 2.75) is 32.1 Å². The van der Waals surface area contributed by atoms with Crippen molar-refractivity contribution < 1.29 is 14.7 Å². The predicted octanol–water partition coefficient (Wildman–Crippen LogP) is 2.53. The minimum atomic E-state index is -0.434. The van der Waals surface area contributed by atoms with Crippen molar-refractivity contribution in [2.24, 2.45) is 16.6 Å². The highest BCUT2D eigenvalue weighted by molar-refractivity contribution is 9.11. The zero-order chi connectivity index (χ0) is 20.2. The number of halogens is 2. The van der Waals surface area contributed by atoms with E-state index in [1.54, 1.807) is 0 Å². The van der Waals surface area contributed by atoms with Crippen LogP contribution in [0.3, 0.4) is 0 Å². The number of hydrogen-bond acceptors (Lipinski definition) is 6. The Morgan fingerprint density at radius 1 is 1.26 bits per heavy atom. The van der Waals surface area contributed by atoms with Crippen molar-refractivity contribution in [2.75, 3.05) is 19.7 Å². The fourth-order valence-electron chi connectivity index (χ4n) is 2.21. The Kier molecular flexibility index (Phi) is 11.0. The van der Waals surface area contributed by atoms with E-state index in [4.69, 9.17) is 21.6 Å². The van der Waals surface area contributed by atoms with Gasteiger partial charge in [0, 0.05) is 19.4 Å². The highest BCUT2D eigenvalue weighted by Gasteiger charge is 2.15. The van der Waals surface area contributed by atoms with Crippen LogP contribution >= 0.6 is 31.9 Å². The van der Waals surface area contributed by atoms with Gasteiger partial charge in [0.05, 0.1) is 21.4 Å². The number of amides is 1. The maximum Gasteiger partial charge on any atom is 0.269 e. The molecular weight excluding hydrogens is 482 g/mol. The van der Waals surface area contributed by atoms with Gasteiger partial charge in [-0.1, -0.05) is 5.16 Å². The first-order valence-corrected chi connectivity index (χ1v) is 10.1. The second-order valence-corrected chi connectivity index (χ2v) is 7.55. The summed E-state index contributed by atoms with van der Waals surface area (Å²) in [5.74, 6) is 0.353. The third-order valence-electron chi connectivity index (χ3n) is 3.57. The molecule has 1 amide bonds. The Bertz CT molecular complexity index is 660.